The van der Waals surface area contributed by atoms with E-state index in [9.17, 15) is 0 Å². The Morgan fingerprint density at radius 3 is 2.67 bits per heavy atom. The van der Waals surface area contributed by atoms with Gasteiger partial charge in [-0.2, -0.15) is 9.97 Å². The Morgan fingerprint density at radius 2 is 1.85 bits per heavy atom. The fourth-order valence-corrected chi connectivity index (χ4v) is 3.97. The van der Waals surface area contributed by atoms with Crippen molar-refractivity contribution in [2.75, 3.05) is 37.6 Å². The van der Waals surface area contributed by atoms with E-state index in [1.54, 1.807) is 0 Å². The number of aryl methyl sites for hydroxylation is 2. The van der Waals surface area contributed by atoms with Gasteiger partial charge in [0.05, 0.1) is 0 Å². The molecule has 2 aromatic heterocycles. The van der Waals surface area contributed by atoms with Crippen LogP contribution < -0.4 is 9.64 Å². The predicted molar refractivity (Wildman–Crippen MR) is 102 cm³/mol. The van der Waals surface area contributed by atoms with Crippen molar-refractivity contribution in [3.8, 4) is 5.88 Å². The summed E-state index contributed by atoms with van der Waals surface area (Å²) in [4.78, 5) is 18.2. The highest BCUT2D eigenvalue weighted by atomic mass is 16.5. The molecule has 0 amide bonds. The number of nitrogens with zero attached hydrogens (tertiary/aromatic N) is 5. The van der Waals surface area contributed by atoms with Crippen LogP contribution in [0.25, 0.3) is 11.1 Å². The summed E-state index contributed by atoms with van der Waals surface area (Å²) in [5, 5.41) is 0. The zero-order valence-electron chi connectivity index (χ0n) is 15.7. The number of fused-ring (bicyclic) bond motifs is 2. The Morgan fingerprint density at radius 1 is 1.04 bits per heavy atom. The molecule has 0 bridgehead atoms. The molecule has 1 aromatic carbocycles. The van der Waals surface area contributed by atoms with Gasteiger partial charge in [0, 0.05) is 50.4 Å². The number of aromatic nitrogens is 3. The second-order valence-electron chi connectivity index (χ2n) is 7.34. The molecule has 0 aliphatic carbocycles. The Hall–Kier alpha value is -2.67. The molecule has 0 spiro atoms. The molecule has 1 atom stereocenters. The SMILES string of the molecule is Cc1nc(C)c2c(n1)OC(CN1CCN(c3nc4ccccc4o3)CC1)C2. The van der Waals surface area contributed by atoms with Crippen LogP contribution in [0.15, 0.2) is 28.7 Å². The molecule has 7 nitrogen and oxygen atoms in total. The Kier molecular flexibility index (Phi) is 3.97. The summed E-state index contributed by atoms with van der Waals surface area (Å²) in [6, 6.07) is 8.63. The van der Waals surface area contributed by atoms with Crippen LogP contribution in [-0.2, 0) is 6.42 Å². The van der Waals surface area contributed by atoms with Crippen molar-refractivity contribution >= 4 is 17.1 Å². The van der Waals surface area contributed by atoms with Crippen LogP contribution in [0.5, 0.6) is 5.88 Å². The topological polar surface area (TPSA) is 67.5 Å². The maximum Gasteiger partial charge on any atom is 0.298 e. The molecule has 27 heavy (non-hydrogen) atoms. The third kappa shape index (κ3) is 3.12. The third-order valence-corrected chi connectivity index (χ3v) is 5.39. The van der Waals surface area contributed by atoms with Crippen molar-refractivity contribution in [2.24, 2.45) is 0 Å². The van der Waals surface area contributed by atoms with Crippen LogP contribution in [-0.4, -0.2) is 58.7 Å². The van der Waals surface area contributed by atoms with E-state index in [4.69, 9.17) is 9.15 Å². The number of anilines is 1. The molecule has 0 saturated carbocycles. The predicted octanol–water partition coefficient (Wildman–Crippen LogP) is 2.36. The molecule has 0 N–H and O–H groups in total. The molecule has 5 rings (SSSR count). The van der Waals surface area contributed by atoms with Gasteiger partial charge in [0.25, 0.3) is 6.01 Å². The second kappa shape index (κ2) is 6.49. The largest absolute Gasteiger partial charge is 0.472 e. The number of rotatable bonds is 3. The van der Waals surface area contributed by atoms with Crippen LogP contribution in [0.3, 0.4) is 0 Å². The molecule has 0 radical (unpaired) electrons. The van der Waals surface area contributed by atoms with E-state index in [2.05, 4.69) is 24.8 Å². The van der Waals surface area contributed by atoms with Crippen molar-refractivity contribution in [2.45, 2.75) is 26.4 Å². The van der Waals surface area contributed by atoms with Crippen molar-refractivity contribution in [3.63, 3.8) is 0 Å². The van der Waals surface area contributed by atoms with Gasteiger partial charge in [-0.05, 0) is 26.0 Å². The number of benzene rings is 1. The van der Waals surface area contributed by atoms with E-state index in [-0.39, 0.29) is 6.10 Å². The lowest BCUT2D eigenvalue weighted by Gasteiger charge is -2.34. The van der Waals surface area contributed by atoms with Gasteiger partial charge in [0.1, 0.15) is 17.4 Å². The van der Waals surface area contributed by atoms with Crippen LogP contribution in [0.4, 0.5) is 6.01 Å². The highest BCUT2D eigenvalue weighted by Gasteiger charge is 2.30. The molecule has 3 aromatic rings. The quantitative estimate of drug-likeness (QED) is 0.706. The standard InChI is InChI=1S/C20H23N5O2/c1-13-16-11-15(26-19(16)22-14(2)21-13)12-24-7-9-25(10-8-24)20-23-17-5-3-4-6-18(17)27-20/h3-6,15H,7-12H2,1-2H3. The van der Waals surface area contributed by atoms with Crippen molar-refractivity contribution in [1.29, 1.82) is 0 Å². The molecule has 2 aliphatic heterocycles. The first kappa shape index (κ1) is 16.5. The fraction of sp³-hybridized carbons (Fsp3) is 0.450. The molecule has 2 aliphatic rings. The summed E-state index contributed by atoms with van der Waals surface area (Å²) >= 11 is 0. The van der Waals surface area contributed by atoms with Crippen molar-refractivity contribution in [1.82, 2.24) is 19.9 Å². The molecular weight excluding hydrogens is 342 g/mol. The number of piperazine rings is 1. The highest BCUT2D eigenvalue weighted by molar-refractivity contribution is 5.74. The first-order valence-corrected chi connectivity index (χ1v) is 9.49. The van der Waals surface area contributed by atoms with Gasteiger partial charge in [-0.1, -0.05) is 12.1 Å². The van der Waals surface area contributed by atoms with Gasteiger partial charge in [-0.15, -0.1) is 0 Å². The summed E-state index contributed by atoms with van der Waals surface area (Å²) in [5.41, 5.74) is 3.97. The van der Waals surface area contributed by atoms with E-state index >= 15 is 0 Å². The Labute approximate surface area is 158 Å². The fourth-order valence-electron chi connectivity index (χ4n) is 3.97. The normalized spacial score (nSPS) is 20.1. The van der Waals surface area contributed by atoms with Gasteiger partial charge in [-0.25, -0.2) is 4.98 Å². The minimum atomic E-state index is 0.158. The van der Waals surface area contributed by atoms with Crippen LogP contribution in [0.1, 0.15) is 17.1 Å². The monoisotopic (exact) mass is 365 g/mol. The number of oxazole rings is 1. The highest BCUT2D eigenvalue weighted by Crippen LogP contribution is 2.29. The average molecular weight is 365 g/mol. The lowest BCUT2D eigenvalue weighted by Crippen LogP contribution is -2.49. The molecule has 1 fully saturated rings. The van der Waals surface area contributed by atoms with E-state index in [1.807, 2.05) is 38.1 Å². The van der Waals surface area contributed by atoms with E-state index in [1.165, 1.54) is 0 Å². The maximum atomic E-state index is 6.09. The average Bonchev–Trinajstić information content (AvgIpc) is 3.26. The van der Waals surface area contributed by atoms with Gasteiger partial charge in [0.15, 0.2) is 5.58 Å². The minimum Gasteiger partial charge on any atom is -0.472 e. The second-order valence-corrected chi connectivity index (χ2v) is 7.34. The molecule has 140 valence electrons. The van der Waals surface area contributed by atoms with E-state index in [0.29, 0.717) is 0 Å². The summed E-state index contributed by atoms with van der Waals surface area (Å²) in [6.45, 7) is 8.62. The van der Waals surface area contributed by atoms with Crippen LogP contribution in [0, 0.1) is 13.8 Å². The number of para-hydroxylation sites is 2. The number of hydrogen-bond acceptors (Lipinski definition) is 7. The van der Waals surface area contributed by atoms with Crippen molar-refractivity contribution < 1.29 is 9.15 Å². The molecule has 7 heteroatoms. The molecule has 1 unspecified atom stereocenters. The smallest absolute Gasteiger partial charge is 0.298 e. The lowest BCUT2D eigenvalue weighted by molar-refractivity contribution is 0.141. The summed E-state index contributed by atoms with van der Waals surface area (Å²) < 4.78 is 12.0. The summed E-state index contributed by atoms with van der Waals surface area (Å²) in [7, 11) is 0. The van der Waals surface area contributed by atoms with Crippen LogP contribution in [0.2, 0.25) is 0 Å². The third-order valence-electron chi connectivity index (χ3n) is 5.39. The molecule has 4 heterocycles. The lowest BCUT2D eigenvalue weighted by atomic mass is 10.1. The first-order valence-electron chi connectivity index (χ1n) is 9.49. The molecular formula is C20H23N5O2. The Balaban J connectivity index is 1.20. The first-order chi connectivity index (χ1) is 13.2. The zero-order valence-corrected chi connectivity index (χ0v) is 15.7. The van der Waals surface area contributed by atoms with Gasteiger partial charge in [0.2, 0.25) is 5.88 Å². The van der Waals surface area contributed by atoms with Crippen LogP contribution >= 0.6 is 0 Å². The zero-order chi connectivity index (χ0) is 18.4. The van der Waals surface area contributed by atoms with Gasteiger partial charge >= 0.3 is 0 Å². The van der Waals surface area contributed by atoms with Crippen molar-refractivity contribution in [3.05, 3.63) is 41.3 Å². The Bertz CT molecular complexity index is 945. The van der Waals surface area contributed by atoms with E-state index in [0.717, 1.165) is 79.2 Å². The maximum absolute atomic E-state index is 6.09. The van der Waals surface area contributed by atoms with Gasteiger partial charge < -0.3 is 14.1 Å². The summed E-state index contributed by atoms with van der Waals surface area (Å²) in [5.74, 6) is 1.55. The van der Waals surface area contributed by atoms with E-state index < -0.39 is 0 Å². The summed E-state index contributed by atoms with van der Waals surface area (Å²) in [6.07, 6.45) is 1.05. The van der Waals surface area contributed by atoms with Gasteiger partial charge in [-0.3, -0.25) is 4.90 Å². The molecule has 1 saturated heterocycles. The minimum absolute atomic E-state index is 0.158. The number of ether oxygens (including phenoxy) is 1. The number of hydrogen-bond donors (Lipinski definition) is 0.